The summed E-state index contributed by atoms with van der Waals surface area (Å²) in [6, 6.07) is 0. The van der Waals surface area contributed by atoms with Gasteiger partial charge in [-0.3, -0.25) is 9.79 Å². The lowest BCUT2D eigenvalue weighted by atomic mass is 9.93. The summed E-state index contributed by atoms with van der Waals surface area (Å²) >= 11 is 0. The summed E-state index contributed by atoms with van der Waals surface area (Å²) in [5.74, 6) is 1.21. The van der Waals surface area contributed by atoms with E-state index in [0.29, 0.717) is 36.0 Å². The summed E-state index contributed by atoms with van der Waals surface area (Å²) in [5, 5.41) is 5.91. The number of piperidine rings is 2. The Kier molecular flexibility index (Phi) is 8.15. The standard InChI is InChI=1S/C17H30F3N5O3S/c1-21-15(26)11-13-3-7-24(8-4-13)16(22-2)23-12-14-5-9-25(10-6-14)29(27,28)17(18,19)20/h13-14H,3-12H2,1-2H3,(H,21,26)(H,22,23). The average Bonchev–Trinajstić information content (AvgIpc) is 2.69. The maximum absolute atomic E-state index is 12.7. The number of sulfonamides is 1. The SMILES string of the molecule is CN=C(NCC1CCN(S(=O)(=O)C(F)(F)F)CC1)N1CCC(CC(=O)NC)CC1. The Morgan fingerprint density at radius 2 is 1.62 bits per heavy atom. The lowest BCUT2D eigenvalue weighted by Gasteiger charge is -2.35. The number of nitrogens with zero attached hydrogens (tertiary/aromatic N) is 3. The molecule has 0 aromatic heterocycles. The van der Waals surface area contributed by atoms with Crippen LogP contribution in [0.1, 0.15) is 32.1 Å². The number of nitrogens with one attached hydrogen (secondary N) is 2. The molecule has 0 aromatic carbocycles. The lowest BCUT2D eigenvalue weighted by molar-refractivity contribution is -0.121. The summed E-state index contributed by atoms with van der Waals surface area (Å²) in [7, 11) is -1.93. The highest BCUT2D eigenvalue weighted by Crippen LogP contribution is 2.30. The zero-order valence-corrected chi connectivity index (χ0v) is 17.7. The summed E-state index contributed by atoms with van der Waals surface area (Å²) in [6.45, 7) is 1.84. The number of carbonyl (C=O) groups is 1. The molecular formula is C17H30F3N5O3S. The molecule has 8 nitrogen and oxygen atoms in total. The fraction of sp³-hybridized carbons (Fsp3) is 0.882. The highest BCUT2D eigenvalue weighted by atomic mass is 32.2. The van der Waals surface area contributed by atoms with Crippen LogP contribution < -0.4 is 10.6 Å². The molecule has 0 atom stereocenters. The first-order chi connectivity index (χ1) is 13.6. The maximum Gasteiger partial charge on any atom is 0.511 e. The highest BCUT2D eigenvalue weighted by molar-refractivity contribution is 7.90. The zero-order valence-electron chi connectivity index (χ0n) is 16.8. The van der Waals surface area contributed by atoms with E-state index in [1.165, 1.54) is 0 Å². The van der Waals surface area contributed by atoms with Crippen LogP contribution in [0.15, 0.2) is 4.99 Å². The number of guanidine groups is 1. The van der Waals surface area contributed by atoms with E-state index in [1.807, 2.05) is 0 Å². The highest BCUT2D eigenvalue weighted by Gasteiger charge is 2.50. The van der Waals surface area contributed by atoms with Crippen LogP contribution in [0.2, 0.25) is 0 Å². The third-order valence-corrected chi connectivity index (χ3v) is 7.26. The molecule has 0 saturated carbocycles. The molecular weight excluding hydrogens is 411 g/mol. The second-order valence-electron chi connectivity index (χ2n) is 7.53. The molecule has 0 radical (unpaired) electrons. The Morgan fingerprint density at radius 1 is 1.07 bits per heavy atom. The van der Waals surface area contributed by atoms with E-state index < -0.39 is 15.5 Å². The molecule has 2 saturated heterocycles. The Bertz CT molecular complexity index is 683. The number of carbonyl (C=O) groups excluding carboxylic acids is 1. The number of hydrogen-bond donors (Lipinski definition) is 2. The van der Waals surface area contributed by atoms with Crippen molar-refractivity contribution in [1.29, 1.82) is 0 Å². The Labute approximate surface area is 170 Å². The van der Waals surface area contributed by atoms with Crippen LogP contribution in [0.4, 0.5) is 13.2 Å². The second-order valence-corrected chi connectivity index (χ2v) is 9.46. The van der Waals surface area contributed by atoms with Crippen molar-refractivity contribution >= 4 is 21.9 Å². The van der Waals surface area contributed by atoms with Crippen LogP contribution in [0.25, 0.3) is 0 Å². The first kappa shape index (κ1) is 23.7. The van der Waals surface area contributed by atoms with Crippen molar-refractivity contribution in [3.63, 3.8) is 0 Å². The first-order valence-corrected chi connectivity index (χ1v) is 11.2. The molecule has 2 N–H and O–H groups in total. The summed E-state index contributed by atoms with van der Waals surface area (Å²) in [4.78, 5) is 17.9. The number of hydrogen-bond acceptors (Lipinski definition) is 4. The molecule has 168 valence electrons. The predicted octanol–water partition coefficient (Wildman–Crippen LogP) is 0.972. The van der Waals surface area contributed by atoms with Crippen LogP contribution in [-0.2, 0) is 14.8 Å². The number of alkyl halides is 3. The Morgan fingerprint density at radius 3 is 2.10 bits per heavy atom. The van der Waals surface area contributed by atoms with Crippen LogP contribution in [0, 0.1) is 11.8 Å². The number of aliphatic imine (C=N–C) groups is 1. The molecule has 0 aromatic rings. The van der Waals surface area contributed by atoms with Crippen molar-refractivity contribution in [2.45, 2.75) is 37.6 Å². The van der Waals surface area contributed by atoms with Gasteiger partial charge in [0.05, 0.1) is 0 Å². The average molecular weight is 442 g/mol. The number of halogens is 3. The van der Waals surface area contributed by atoms with Gasteiger partial charge >= 0.3 is 15.5 Å². The van der Waals surface area contributed by atoms with Crippen LogP contribution in [-0.4, -0.2) is 81.8 Å². The molecule has 2 rings (SSSR count). The van der Waals surface area contributed by atoms with Gasteiger partial charge in [-0.25, -0.2) is 8.42 Å². The van der Waals surface area contributed by atoms with Crippen LogP contribution in [0.5, 0.6) is 0 Å². The summed E-state index contributed by atoms with van der Waals surface area (Å²) in [5.41, 5.74) is -5.25. The van der Waals surface area contributed by atoms with Crippen molar-refractivity contribution in [2.24, 2.45) is 16.8 Å². The van der Waals surface area contributed by atoms with E-state index in [0.717, 1.165) is 31.9 Å². The maximum atomic E-state index is 12.7. The Balaban J connectivity index is 1.77. The van der Waals surface area contributed by atoms with Gasteiger partial charge in [0.2, 0.25) is 5.91 Å². The number of amides is 1. The molecule has 2 heterocycles. The molecule has 2 aliphatic heterocycles. The van der Waals surface area contributed by atoms with Crippen molar-refractivity contribution in [3.05, 3.63) is 0 Å². The monoisotopic (exact) mass is 441 g/mol. The van der Waals surface area contributed by atoms with E-state index >= 15 is 0 Å². The summed E-state index contributed by atoms with van der Waals surface area (Å²) in [6.07, 6.45) is 3.04. The van der Waals surface area contributed by atoms with E-state index in [2.05, 4.69) is 20.5 Å². The van der Waals surface area contributed by atoms with Crippen molar-refractivity contribution in [2.75, 3.05) is 46.8 Å². The quantitative estimate of drug-likeness (QED) is 0.490. The summed E-state index contributed by atoms with van der Waals surface area (Å²) < 4.78 is 61.4. The molecule has 2 fully saturated rings. The molecule has 2 aliphatic rings. The van der Waals surface area contributed by atoms with Gasteiger partial charge in [-0.2, -0.15) is 17.5 Å². The fourth-order valence-corrected chi connectivity index (χ4v) is 4.77. The smallest absolute Gasteiger partial charge is 0.359 e. The first-order valence-electron chi connectivity index (χ1n) is 9.81. The molecule has 0 bridgehead atoms. The second kappa shape index (κ2) is 9.96. The lowest BCUT2D eigenvalue weighted by Crippen LogP contribution is -2.49. The van der Waals surface area contributed by atoms with Gasteiger partial charge in [0.1, 0.15) is 0 Å². The van der Waals surface area contributed by atoms with Crippen molar-refractivity contribution < 1.29 is 26.4 Å². The topological polar surface area (TPSA) is 94.1 Å². The Hall–Kier alpha value is -1.56. The molecule has 0 aliphatic carbocycles. The van der Waals surface area contributed by atoms with Crippen molar-refractivity contribution in [1.82, 2.24) is 19.8 Å². The van der Waals surface area contributed by atoms with E-state index in [9.17, 15) is 26.4 Å². The molecule has 0 spiro atoms. The largest absolute Gasteiger partial charge is 0.511 e. The molecule has 1 amide bonds. The van der Waals surface area contributed by atoms with Gasteiger partial charge in [0.25, 0.3) is 0 Å². The van der Waals surface area contributed by atoms with E-state index in [1.54, 1.807) is 14.1 Å². The van der Waals surface area contributed by atoms with Gasteiger partial charge < -0.3 is 15.5 Å². The van der Waals surface area contributed by atoms with Gasteiger partial charge in [-0.15, -0.1) is 0 Å². The number of likely N-dealkylation sites (tertiary alicyclic amines) is 1. The van der Waals surface area contributed by atoms with Crippen LogP contribution in [0.3, 0.4) is 0 Å². The van der Waals surface area contributed by atoms with Crippen molar-refractivity contribution in [3.8, 4) is 0 Å². The minimum atomic E-state index is -5.25. The van der Waals surface area contributed by atoms with Gasteiger partial charge in [-0.05, 0) is 37.5 Å². The molecule has 0 unspecified atom stereocenters. The normalized spacial score (nSPS) is 21.3. The van der Waals surface area contributed by atoms with E-state index in [4.69, 9.17) is 0 Å². The third-order valence-electron chi connectivity index (χ3n) is 5.63. The minimum absolute atomic E-state index is 0.0461. The van der Waals surface area contributed by atoms with Gasteiger partial charge in [0.15, 0.2) is 5.96 Å². The van der Waals surface area contributed by atoms with Gasteiger partial charge in [-0.1, -0.05) is 0 Å². The molecule has 12 heteroatoms. The predicted molar refractivity (Wildman–Crippen MR) is 104 cm³/mol. The zero-order chi connectivity index (χ0) is 21.7. The number of rotatable bonds is 5. The van der Waals surface area contributed by atoms with E-state index in [-0.39, 0.29) is 24.9 Å². The minimum Gasteiger partial charge on any atom is -0.359 e. The van der Waals surface area contributed by atoms with Crippen LogP contribution >= 0.6 is 0 Å². The molecule has 29 heavy (non-hydrogen) atoms. The third kappa shape index (κ3) is 6.21. The van der Waals surface area contributed by atoms with Gasteiger partial charge in [0, 0.05) is 53.2 Å². The fourth-order valence-electron chi connectivity index (χ4n) is 3.78.